The van der Waals surface area contributed by atoms with Crippen LogP contribution in [0.3, 0.4) is 0 Å². The number of nitrogens with one attached hydrogen (secondary N) is 1. The average molecular weight is 311 g/mol. The molecule has 0 radical (unpaired) electrons. The number of aromatic amines is 1. The summed E-state index contributed by atoms with van der Waals surface area (Å²) in [5.74, 6) is 0.420. The molecule has 5 heteroatoms. The van der Waals surface area contributed by atoms with Gasteiger partial charge in [0.1, 0.15) is 11.2 Å². The normalized spacial score (nSPS) is 23.4. The molecule has 3 heterocycles. The van der Waals surface area contributed by atoms with Crippen LogP contribution in [0.2, 0.25) is 0 Å². The molecule has 5 nitrogen and oxygen atoms in total. The zero-order chi connectivity index (χ0) is 16.2. The van der Waals surface area contributed by atoms with Crippen LogP contribution in [0.15, 0.2) is 30.6 Å². The van der Waals surface area contributed by atoms with Crippen molar-refractivity contribution in [2.24, 2.45) is 5.92 Å². The average Bonchev–Trinajstić information content (AvgIpc) is 3.18. The van der Waals surface area contributed by atoms with E-state index in [1.165, 1.54) is 5.57 Å². The van der Waals surface area contributed by atoms with E-state index in [-0.39, 0.29) is 12.1 Å². The predicted molar refractivity (Wildman–Crippen MR) is 88.9 cm³/mol. The van der Waals surface area contributed by atoms with Gasteiger partial charge in [-0.15, -0.1) is 0 Å². The molecule has 0 aromatic carbocycles. The van der Waals surface area contributed by atoms with E-state index in [4.69, 9.17) is 4.74 Å². The lowest BCUT2D eigenvalue weighted by Crippen LogP contribution is -2.41. The van der Waals surface area contributed by atoms with E-state index < -0.39 is 5.60 Å². The standard InChI is InChI=1S/C18H21N3O2/c1-18(2,3)23-17(22)21-10-11-7-13(15(21)8-11)14-9-20-16-12(14)5-4-6-19-16/h4-7,9,11,15H,8,10H2,1-3H3,(H,19,20)/t11-,15?/m0/s1. The molecule has 1 unspecified atom stereocenters. The van der Waals surface area contributed by atoms with Crippen LogP contribution in [-0.4, -0.2) is 39.1 Å². The molecule has 2 aromatic heterocycles. The Morgan fingerprint density at radius 3 is 3.00 bits per heavy atom. The fraction of sp³-hybridized carbons (Fsp3) is 0.444. The van der Waals surface area contributed by atoms with Crippen molar-refractivity contribution in [3.63, 3.8) is 0 Å². The first-order chi connectivity index (χ1) is 10.9. The number of carbonyl (C=O) groups is 1. The molecule has 1 amide bonds. The second-order valence-corrected chi connectivity index (χ2v) is 7.37. The Hall–Kier alpha value is -2.30. The third-order valence-corrected chi connectivity index (χ3v) is 4.50. The zero-order valence-electron chi connectivity index (χ0n) is 13.7. The highest BCUT2D eigenvalue weighted by Gasteiger charge is 2.43. The lowest BCUT2D eigenvalue weighted by molar-refractivity contribution is 0.0253. The van der Waals surface area contributed by atoms with Crippen LogP contribution < -0.4 is 0 Å². The fourth-order valence-corrected chi connectivity index (χ4v) is 3.64. The second-order valence-electron chi connectivity index (χ2n) is 7.37. The first kappa shape index (κ1) is 14.3. The van der Waals surface area contributed by atoms with E-state index in [9.17, 15) is 4.79 Å². The van der Waals surface area contributed by atoms with E-state index in [1.807, 2.05) is 37.9 Å². The van der Waals surface area contributed by atoms with Crippen LogP contribution in [0.5, 0.6) is 0 Å². The number of fused-ring (bicyclic) bond motifs is 3. The molecular weight excluding hydrogens is 290 g/mol. The van der Waals surface area contributed by atoms with Crippen molar-refractivity contribution < 1.29 is 9.53 Å². The summed E-state index contributed by atoms with van der Waals surface area (Å²) in [6, 6.07) is 4.12. The summed E-state index contributed by atoms with van der Waals surface area (Å²) < 4.78 is 5.57. The molecular formula is C18H21N3O2. The molecule has 120 valence electrons. The van der Waals surface area contributed by atoms with Crippen LogP contribution >= 0.6 is 0 Å². The number of hydrogen-bond donors (Lipinski definition) is 1. The number of likely N-dealkylation sites (tertiary alicyclic amines) is 1. The number of amides is 1. The Morgan fingerprint density at radius 2 is 2.26 bits per heavy atom. The maximum atomic E-state index is 12.5. The predicted octanol–water partition coefficient (Wildman–Crippen LogP) is 3.59. The summed E-state index contributed by atoms with van der Waals surface area (Å²) in [7, 11) is 0. The molecule has 23 heavy (non-hydrogen) atoms. The van der Waals surface area contributed by atoms with Gasteiger partial charge in [-0.1, -0.05) is 6.08 Å². The lowest BCUT2D eigenvalue weighted by Gasteiger charge is -2.31. The van der Waals surface area contributed by atoms with Crippen LogP contribution in [-0.2, 0) is 4.74 Å². The molecule has 2 bridgehead atoms. The monoisotopic (exact) mass is 311 g/mol. The Bertz CT molecular complexity index is 800. The zero-order valence-corrected chi connectivity index (χ0v) is 13.7. The van der Waals surface area contributed by atoms with Crippen molar-refractivity contribution in [3.05, 3.63) is 36.2 Å². The summed E-state index contributed by atoms with van der Waals surface area (Å²) in [6.07, 6.45) is 6.86. The number of nitrogens with zero attached hydrogens (tertiary/aromatic N) is 2. The van der Waals surface area contributed by atoms with Crippen molar-refractivity contribution in [1.29, 1.82) is 0 Å². The minimum Gasteiger partial charge on any atom is -0.444 e. The van der Waals surface area contributed by atoms with Gasteiger partial charge >= 0.3 is 6.09 Å². The lowest BCUT2D eigenvalue weighted by atomic mass is 10.0. The Kier molecular flexibility index (Phi) is 3.01. The van der Waals surface area contributed by atoms with Gasteiger partial charge in [-0.05, 0) is 50.8 Å². The van der Waals surface area contributed by atoms with Gasteiger partial charge in [0, 0.05) is 29.9 Å². The molecule has 1 aliphatic heterocycles. The van der Waals surface area contributed by atoms with Crippen LogP contribution in [0.4, 0.5) is 4.79 Å². The van der Waals surface area contributed by atoms with Crippen molar-refractivity contribution in [2.45, 2.75) is 38.8 Å². The van der Waals surface area contributed by atoms with E-state index >= 15 is 0 Å². The molecule has 4 rings (SSSR count). The number of pyridine rings is 1. The molecule has 1 saturated heterocycles. The molecule has 1 N–H and O–H groups in total. The van der Waals surface area contributed by atoms with Gasteiger partial charge in [-0.3, -0.25) is 0 Å². The van der Waals surface area contributed by atoms with Gasteiger partial charge in [0.25, 0.3) is 0 Å². The fourth-order valence-electron chi connectivity index (χ4n) is 3.64. The summed E-state index contributed by atoms with van der Waals surface area (Å²) in [5, 5.41) is 1.11. The molecule has 2 aliphatic rings. The minimum absolute atomic E-state index is 0.106. The van der Waals surface area contributed by atoms with Gasteiger partial charge in [-0.2, -0.15) is 0 Å². The number of hydrogen-bond acceptors (Lipinski definition) is 3. The van der Waals surface area contributed by atoms with E-state index in [1.54, 1.807) is 6.20 Å². The maximum absolute atomic E-state index is 12.5. The topological polar surface area (TPSA) is 58.2 Å². The van der Waals surface area contributed by atoms with Gasteiger partial charge in [0.15, 0.2) is 0 Å². The largest absolute Gasteiger partial charge is 0.444 e. The smallest absolute Gasteiger partial charge is 0.410 e. The Labute approximate surface area is 135 Å². The van der Waals surface area contributed by atoms with Gasteiger partial charge in [-0.25, -0.2) is 9.78 Å². The Balaban J connectivity index is 1.65. The number of rotatable bonds is 1. The highest BCUT2D eigenvalue weighted by molar-refractivity contribution is 5.93. The summed E-state index contributed by atoms with van der Waals surface area (Å²) in [5.41, 5.74) is 2.78. The van der Waals surface area contributed by atoms with Gasteiger partial charge in [0.2, 0.25) is 0 Å². The maximum Gasteiger partial charge on any atom is 0.410 e. The molecule has 0 saturated carbocycles. The molecule has 2 atom stereocenters. The summed E-state index contributed by atoms with van der Waals surface area (Å²) >= 11 is 0. The SMILES string of the molecule is CC(C)(C)OC(=O)N1C[C@H]2C=C(c3c[nH]c4ncccc34)C1C2. The highest BCUT2D eigenvalue weighted by atomic mass is 16.6. The van der Waals surface area contributed by atoms with Crippen molar-refractivity contribution in [3.8, 4) is 0 Å². The first-order valence-electron chi connectivity index (χ1n) is 8.06. The number of carbonyl (C=O) groups excluding carboxylic acids is 1. The molecule has 0 spiro atoms. The highest BCUT2D eigenvalue weighted by Crippen LogP contribution is 2.43. The van der Waals surface area contributed by atoms with E-state index in [0.717, 1.165) is 29.6 Å². The molecule has 1 aliphatic carbocycles. The summed E-state index contributed by atoms with van der Waals surface area (Å²) in [6.45, 7) is 6.47. The van der Waals surface area contributed by atoms with E-state index in [0.29, 0.717) is 5.92 Å². The van der Waals surface area contributed by atoms with Crippen LogP contribution in [0.25, 0.3) is 16.6 Å². The Morgan fingerprint density at radius 1 is 1.43 bits per heavy atom. The number of H-pyrrole nitrogens is 1. The second kappa shape index (κ2) is 4.85. The van der Waals surface area contributed by atoms with Crippen LogP contribution in [0, 0.1) is 5.92 Å². The van der Waals surface area contributed by atoms with Crippen LogP contribution in [0.1, 0.15) is 32.8 Å². The first-order valence-corrected chi connectivity index (χ1v) is 8.06. The quantitative estimate of drug-likeness (QED) is 0.875. The number of aromatic nitrogens is 2. The molecule has 2 aromatic rings. The summed E-state index contributed by atoms with van der Waals surface area (Å²) in [4.78, 5) is 21.9. The van der Waals surface area contributed by atoms with Gasteiger partial charge in [0.05, 0.1) is 6.04 Å². The third-order valence-electron chi connectivity index (χ3n) is 4.50. The van der Waals surface area contributed by atoms with Gasteiger partial charge < -0.3 is 14.6 Å². The molecule has 1 fully saturated rings. The van der Waals surface area contributed by atoms with Crippen molar-refractivity contribution >= 4 is 22.7 Å². The third kappa shape index (κ3) is 2.40. The minimum atomic E-state index is -0.465. The van der Waals surface area contributed by atoms with E-state index in [2.05, 4.69) is 22.1 Å². The van der Waals surface area contributed by atoms with Crippen molar-refractivity contribution in [2.75, 3.05) is 6.54 Å². The number of ether oxygens (including phenoxy) is 1. The van der Waals surface area contributed by atoms with Crippen molar-refractivity contribution in [1.82, 2.24) is 14.9 Å².